The molecule has 9 heteroatoms. The number of nitrogens with one attached hydrogen (secondary N) is 1. The fraction of sp³-hybridized carbons (Fsp3) is 0.235. The van der Waals surface area contributed by atoms with E-state index in [2.05, 4.69) is 5.32 Å². The Morgan fingerprint density at radius 2 is 1.42 bits per heavy atom. The molecule has 0 aliphatic heterocycles. The number of methoxy groups -OCH3 is 1. The molecule has 0 spiro atoms. The van der Waals surface area contributed by atoms with E-state index in [0.717, 1.165) is 0 Å². The Kier molecular flexibility index (Phi) is 5.48. The first-order valence-corrected chi connectivity index (χ1v) is 7.21. The van der Waals surface area contributed by atoms with Crippen molar-refractivity contribution in [3.63, 3.8) is 0 Å². The van der Waals surface area contributed by atoms with Gasteiger partial charge in [0.05, 0.1) is 18.2 Å². The van der Waals surface area contributed by atoms with Crippen molar-refractivity contribution in [2.45, 2.75) is 18.9 Å². The van der Waals surface area contributed by atoms with Crippen molar-refractivity contribution >= 4 is 5.91 Å². The quantitative estimate of drug-likeness (QED) is 0.787. The van der Waals surface area contributed by atoms with Crippen molar-refractivity contribution in [3.05, 3.63) is 64.7 Å². The van der Waals surface area contributed by atoms with E-state index in [0.29, 0.717) is 17.9 Å². The van der Waals surface area contributed by atoms with E-state index in [9.17, 15) is 31.1 Å². The highest BCUT2D eigenvalue weighted by Crippen LogP contribution is 2.36. The Bertz CT molecular complexity index is 749. The summed E-state index contributed by atoms with van der Waals surface area (Å²) < 4.78 is 81.8. The summed E-state index contributed by atoms with van der Waals surface area (Å²) in [6, 6.07) is 7.02. The molecule has 1 N–H and O–H groups in total. The number of rotatable bonds is 4. The van der Waals surface area contributed by atoms with Gasteiger partial charge in [-0.05, 0) is 48.0 Å². The second kappa shape index (κ2) is 7.27. The average Bonchev–Trinajstić information content (AvgIpc) is 2.58. The minimum Gasteiger partial charge on any atom is -0.497 e. The smallest absolute Gasteiger partial charge is 0.416 e. The molecule has 140 valence electrons. The van der Waals surface area contributed by atoms with Crippen molar-refractivity contribution in [3.8, 4) is 5.75 Å². The molecule has 0 aromatic heterocycles. The van der Waals surface area contributed by atoms with E-state index in [1.807, 2.05) is 0 Å². The number of halogens is 6. The summed E-state index contributed by atoms with van der Waals surface area (Å²) in [5.74, 6) is -0.145. The van der Waals surface area contributed by atoms with Crippen LogP contribution in [0.4, 0.5) is 26.3 Å². The van der Waals surface area contributed by atoms with Crippen molar-refractivity contribution < 1.29 is 35.9 Å². The first kappa shape index (κ1) is 19.6. The van der Waals surface area contributed by atoms with Gasteiger partial charge in [-0.15, -0.1) is 0 Å². The normalized spacial score (nSPS) is 12.0. The second-order valence-electron chi connectivity index (χ2n) is 5.33. The summed E-state index contributed by atoms with van der Waals surface area (Å²) in [5, 5.41) is 2.30. The molecule has 0 unspecified atom stereocenters. The van der Waals surface area contributed by atoms with E-state index < -0.39 is 35.9 Å². The maximum absolute atomic E-state index is 12.8. The lowest BCUT2D eigenvalue weighted by Gasteiger charge is -2.14. The largest absolute Gasteiger partial charge is 0.497 e. The van der Waals surface area contributed by atoms with Gasteiger partial charge in [-0.3, -0.25) is 4.79 Å². The highest BCUT2D eigenvalue weighted by molar-refractivity contribution is 5.94. The monoisotopic (exact) mass is 377 g/mol. The molecule has 0 atom stereocenters. The van der Waals surface area contributed by atoms with E-state index in [4.69, 9.17) is 4.74 Å². The van der Waals surface area contributed by atoms with E-state index >= 15 is 0 Å². The highest BCUT2D eigenvalue weighted by Gasteiger charge is 2.36. The Balaban J connectivity index is 2.21. The predicted molar refractivity (Wildman–Crippen MR) is 80.6 cm³/mol. The van der Waals surface area contributed by atoms with Crippen molar-refractivity contribution in [2.75, 3.05) is 7.11 Å². The van der Waals surface area contributed by atoms with Gasteiger partial charge in [0.1, 0.15) is 5.75 Å². The average molecular weight is 377 g/mol. The van der Waals surface area contributed by atoms with Gasteiger partial charge in [0, 0.05) is 12.1 Å². The molecule has 3 nitrogen and oxygen atoms in total. The van der Waals surface area contributed by atoms with E-state index in [-0.39, 0.29) is 17.2 Å². The first-order chi connectivity index (χ1) is 12.0. The van der Waals surface area contributed by atoms with Gasteiger partial charge in [0.15, 0.2) is 0 Å². The lowest BCUT2D eigenvalue weighted by molar-refractivity contribution is -0.143. The molecule has 0 bridgehead atoms. The van der Waals surface area contributed by atoms with Gasteiger partial charge in [-0.25, -0.2) is 0 Å². The minimum absolute atomic E-state index is 0.0365. The molecular formula is C17H13F6NO2. The number of amides is 1. The van der Waals surface area contributed by atoms with Gasteiger partial charge < -0.3 is 10.1 Å². The van der Waals surface area contributed by atoms with Crippen LogP contribution in [0.25, 0.3) is 0 Å². The molecule has 1 amide bonds. The lowest BCUT2D eigenvalue weighted by atomic mass is 10.0. The summed E-state index contributed by atoms with van der Waals surface area (Å²) in [6.07, 6.45) is -9.87. The number of carbonyl (C=O) groups is 1. The van der Waals surface area contributed by atoms with Crippen LogP contribution in [0.2, 0.25) is 0 Å². The number of ether oxygens (including phenoxy) is 1. The summed E-state index contributed by atoms with van der Waals surface area (Å²) >= 11 is 0. The van der Waals surface area contributed by atoms with Crippen molar-refractivity contribution in [1.82, 2.24) is 5.32 Å². The predicted octanol–water partition coefficient (Wildman–Crippen LogP) is 4.66. The molecule has 0 aliphatic carbocycles. The molecule has 2 rings (SSSR count). The van der Waals surface area contributed by atoms with Gasteiger partial charge in [0.2, 0.25) is 0 Å². The Morgan fingerprint density at radius 1 is 0.923 bits per heavy atom. The third kappa shape index (κ3) is 4.90. The van der Waals surface area contributed by atoms with Crippen molar-refractivity contribution in [2.24, 2.45) is 0 Å². The molecule has 0 fully saturated rings. The van der Waals surface area contributed by atoms with Crippen molar-refractivity contribution in [1.29, 1.82) is 0 Å². The summed E-state index contributed by atoms with van der Waals surface area (Å²) in [5.41, 5.74) is -2.98. The lowest BCUT2D eigenvalue weighted by Crippen LogP contribution is -2.23. The van der Waals surface area contributed by atoms with E-state index in [1.165, 1.54) is 31.4 Å². The van der Waals surface area contributed by atoms with Crippen LogP contribution in [0, 0.1) is 0 Å². The molecule has 0 saturated heterocycles. The minimum atomic E-state index is -4.93. The number of benzene rings is 2. The SMILES string of the molecule is COc1ccc(C(=O)NCc2cc(C(F)(F)F)cc(C(F)(F)F)c2)cc1. The van der Waals surface area contributed by atoms with Crippen LogP contribution in [0.1, 0.15) is 27.0 Å². The maximum Gasteiger partial charge on any atom is 0.416 e. The standard InChI is InChI=1S/C17H13F6NO2/c1-26-14-4-2-11(3-5-14)15(25)24-9-10-6-12(16(18,19)20)8-13(7-10)17(21,22)23/h2-8H,9H2,1H3,(H,24,25). The Morgan fingerprint density at radius 3 is 1.85 bits per heavy atom. The Hall–Kier alpha value is -2.71. The molecule has 2 aromatic carbocycles. The van der Waals surface area contributed by atoms with Gasteiger partial charge in [-0.1, -0.05) is 0 Å². The zero-order chi connectivity index (χ0) is 19.5. The fourth-order valence-electron chi connectivity index (χ4n) is 2.15. The van der Waals surface area contributed by atoms with Crippen LogP contribution >= 0.6 is 0 Å². The van der Waals surface area contributed by atoms with Crippen LogP contribution in [0.15, 0.2) is 42.5 Å². The second-order valence-corrected chi connectivity index (χ2v) is 5.33. The van der Waals surface area contributed by atoms with Crippen LogP contribution in [0.5, 0.6) is 5.75 Å². The summed E-state index contributed by atoms with van der Waals surface area (Å²) in [4.78, 5) is 12.0. The fourth-order valence-corrected chi connectivity index (χ4v) is 2.15. The van der Waals surface area contributed by atoms with E-state index in [1.54, 1.807) is 0 Å². The molecule has 26 heavy (non-hydrogen) atoms. The van der Waals surface area contributed by atoms with Gasteiger partial charge in [-0.2, -0.15) is 26.3 Å². The summed E-state index contributed by atoms with van der Waals surface area (Å²) in [7, 11) is 1.43. The number of hydrogen-bond acceptors (Lipinski definition) is 2. The van der Waals surface area contributed by atoms with Crippen LogP contribution in [-0.2, 0) is 18.9 Å². The zero-order valence-corrected chi connectivity index (χ0v) is 13.3. The molecule has 2 aromatic rings. The third-order valence-electron chi connectivity index (χ3n) is 3.45. The molecule has 0 radical (unpaired) electrons. The Labute approximate surface area is 144 Å². The maximum atomic E-state index is 12.8. The molecule has 0 aliphatic rings. The van der Waals surface area contributed by atoms with Gasteiger partial charge >= 0.3 is 12.4 Å². The zero-order valence-electron chi connectivity index (χ0n) is 13.3. The number of alkyl halides is 6. The van der Waals surface area contributed by atoms with Gasteiger partial charge in [0.25, 0.3) is 5.91 Å². The molecule has 0 heterocycles. The van der Waals surface area contributed by atoms with Crippen LogP contribution in [0.3, 0.4) is 0 Å². The highest BCUT2D eigenvalue weighted by atomic mass is 19.4. The summed E-state index contributed by atoms with van der Waals surface area (Å²) in [6.45, 7) is -0.488. The number of hydrogen-bond donors (Lipinski definition) is 1. The number of carbonyl (C=O) groups excluding carboxylic acids is 1. The third-order valence-corrected chi connectivity index (χ3v) is 3.45. The molecular weight excluding hydrogens is 364 g/mol. The van der Waals surface area contributed by atoms with Crippen LogP contribution < -0.4 is 10.1 Å². The topological polar surface area (TPSA) is 38.3 Å². The van der Waals surface area contributed by atoms with Crippen LogP contribution in [-0.4, -0.2) is 13.0 Å². The first-order valence-electron chi connectivity index (χ1n) is 7.21. The molecule has 0 saturated carbocycles.